The molecular formula is C13H26N4O2. The number of nitrogens with one attached hydrogen (secondary N) is 1. The molecule has 0 radical (unpaired) electrons. The zero-order valence-corrected chi connectivity index (χ0v) is 12.6. The predicted molar refractivity (Wildman–Crippen MR) is 75.2 cm³/mol. The highest BCUT2D eigenvalue weighted by Gasteiger charge is 2.10. The maximum atomic E-state index is 5.57. The molecule has 0 aliphatic carbocycles. The minimum absolute atomic E-state index is 0.242. The van der Waals surface area contributed by atoms with Crippen LogP contribution in [0, 0.1) is 5.92 Å². The summed E-state index contributed by atoms with van der Waals surface area (Å²) in [5, 5.41) is 11.3. The van der Waals surface area contributed by atoms with Crippen molar-refractivity contribution in [3.63, 3.8) is 0 Å². The highest BCUT2D eigenvalue weighted by molar-refractivity contribution is 5.21. The van der Waals surface area contributed by atoms with Gasteiger partial charge in [-0.25, -0.2) is 0 Å². The number of anilines is 1. The lowest BCUT2D eigenvalue weighted by Gasteiger charge is -2.15. The molecule has 0 bridgehead atoms. The molecule has 0 aliphatic rings. The molecule has 0 amide bonds. The Morgan fingerprint density at radius 3 is 2.63 bits per heavy atom. The average Bonchev–Trinajstić information content (AvgIpc) is 2.76. The van der Waals surface area contributed by atoms with Crippen molar-refractivity contribution in [2.45, 2.75) is 40.3 Å². The van der Waals surface area contributed by atoms with E-state index in [0.29, 0.717) is 31.0 Å². The first-order valence-electron chi connectivity index (χ1n) is 6.85. The summed E-state index contributed by atoms with van der Waals surface area (Å²) in [6, 6.07) is 0.536. The van der Waals surface area contributed by atoms with Gasteiger partial charge in [0.1, 0.15) is 0 Å². The minimum atomic E-state index is 0.242. The Kier molecular flexibility index (Phi) is 6.80. The molecule has 0 aromatic carbocycles. The van der Waals surface area contributed by atoms with Crippen molar-refractivity contribution in [3.05, 3.63) is 5.89 Å². The zero-order valence-electron chi connectivity index (χ0n) is 12.6. The second-order valence-electron chi connectivity index (χ2n) is 5.34. The van der Waals surface area contributed by atoms with Gasteiger partial charge in [0.15, 0.2) is 0 Å². The van der Waals surface area contributed by atoms with E-state index in [0.717, 1.165) is 13.1 Å². The number of ether oxygens (including phenoxy) is 1. The second-order valence-corrected chi connectivity index (χ2v) is 5.34. The van der Waals surface area contributed by atoms with E-state index in [-0.39, 0.29) is 6.10 Å². The molecule has 0 saturated carbocycles. The molecule has 6 nitrogen and oxygen atoms in total. The van der Waals surface area contributed by atoms with Gasteiger partial charge in [-0.3, -0.25) is 0 Å². The largest absolute Gasteiger partial charge is 0.407 e. The topological polar surface area (TPSA) is 63.4 Å². The summed E-state index contributed by atoms with van der Waals surface area (Å²) in [7, 11) is 1.92. The van der Waals surface area contributed by atoms with Crippen molar-refractivity contribution in [1.82, 2.24) is 15.5 Å². The van der Waals surface area contributed by atoms with Gasteiger partial charge < -0.3 is 19.4 Å². The van der Waals surface area contributed by atoms with Crippen LogP contribution in [0.3, 0.4) is 0 Å². The number of nitrogens with zero attached hydrogens (tertiary/aromatic N) is 3. The third-order valence-electron chi connectivity index (χ3n) is 2.49. The summed E-state index contributed by atoms with van der Waals surface area (Å²) in [6.07, 6.45) is 0.242. The molecule has 19 heavy (non-hydrogen) atoms. The summed E-state index contributed by atoms with van der Waals surface area (Å²) in [6.45, 7) is 11.3. The first-order valence-corrected chi connectivity index (χ1v) is 6.85. The summed E-state index contributed by atoms with van der Waals surface area (Å²) in [5.74, 6) is 1.23. The fourth-order valence-electron chi connectivity index (χ4n) is 1.46. The molecule has 1 aromatic heterocycles. The van der Waals surface area contributed by atoms with Gasteiger partial charge in [0.05, 0.1) is 19.3 Å². The van der Waals surface area contributed by atoms with Crippen molar-refractivity contribution in [2.75, 3.05) is 31.6 Å². The van der Waals surface area contributed by atoms with Crippen molar-refractivity contribution >= 4 is 6.01 Å². The first kappa shape index (κ1) is 15.9. The van der Waals surface area contributed by atoms with Crippen LogP contribution in [-0.2, 0) is 11.3 Å². The fourth-order valence-corrected chi connectivity index (χ4v) is 1.46. The summed E-state index contributed by atoms with van der Waals surface area (Å²) in [4.78, 5) is 1.90. The Labute approximate surface area is 115 Å². The Morgan fingerprint density at radius 2 is 2.00 bits per heavy atom. The van der Waals surface area contributed by atoms with Crippen molar-refractivity contribution in [1.29, 1.82) is 0 Å². The molecule has 0 fully saturated rings. The van der Waals surface area contributed by atoms with Crippen LogP contribution in [0.4, 0.5) is 6.01 Å². The number of rotatable bonds is 9. The van der Waals surface area contributed by atoms with Crippen LogP contribution in [-0.4, -0.2) is 43.0 Å². The van der Waals surface area contributed by atoms with Crippen LogP contribution in [0.1, 0.15) is 33.6 Å². The summed E-state index contributed by atoms with van der Waals surface area (Å²) < 4.78 is 11.1. The zero-order chi connectivity index (χ0) is 14.3. The van der Waals surface area contributed by atoms with Gasteiger partial charge in [0, 0.05) is 13.6 Å². The molecule has 1 N–H and O–H groups in total. The van der Waals surface area contributed by atoms with Gasteiger partial charge in [0.2, 0.25) is 5.89 Å². The number of aromatic nitrogens is 2. The van der Waals surface area contributed by atoms with E-state index in [1.165, 1.54) is 0 Å². The van der Waals surface area contributed by atoms with Gasteiger partial charge in [-0.2, -0.15) is 0 Å². The molecule has 1 heterocycles. The lowest BCUT2D eigenvalue weighted by molar-refractivity contribution is 0.0841. The molecule has 6 heteroatoms. The van der Waals surface area contributed by atoms with E-state index >= 15 is 0 Å². The Morgan fingerprint density at radius 1 is 1.26 bits per heavy atom. The van der Waals surface area contributed by atoms with Crippen LogP contribution in [0.25, 0.3) is 0 Å². The van der Waals surface area contributed by atoms with Gasteiger partial charge in [-0.15, -0.1) is 5.10 Å². The van der Waals surface area contributed by atoms with E-state index in [1.54, 1.807) is 0 Å². The van der Waals surface area contributed by atoms with Crippen LogP contribution in [0.5, 0.6) is 0 Å². The van der Waals surface area contributed by atoms with Crippen LogP contribution < -0.4 is 10.2 Å². The highest BCUT2D eigenvalue weighted by Crippen LogP contribution is 2.10. The van der Waals surface area contributed by atoms with Crippen molar-refractivity contribution in [3.8, 4) is 0 Å². The SMILES string of the molecule is CC(C)CNCc1nnc(N(C)CCOC(C)C)o1. The summed E-state index contributed by atoms with van der Waals surface area (Å²) >= 11 is 0. The smallest absolute Gasteiger partial charge is 0.318 e. The Bertz CT molecular complexity index is 352. The van der Waals surface area contributed by atoms with E-state index in [1.807, 2.05) is 25.8 Å². The lowest BCUT2D eigenvalue weighted by atomic mass is 10.2. The van der Waals surface area contributed by atoms with Crippen molar-refractivity contribution in [2.24, 2.45) is 5.92 Å². The fraction of sp³-hybridized carbons (Fsp3) is 0.846. The van der Waals surface area contributed by atoms with Gasteiger partial charge in [0.25, 0.3) is 0 Å². The average molecular weight is 270 g/mol. The van der Waals surface area contributed by atoms with Gasteiger partial charge in [-0.1, -0.05) is 18.9 Å². The van der Waals surface area contributed by atoms with Crippen LogP contribution in [0.2, 0.25) is 0 Å². The van der Waals surface area contributed by atoms with E-state index in [4.69, 9.17) is 9.15 Å². The van der Waals surface area contributed by atoms with E-state index in [9.17, 15) is 0 Å². The minimum Gasteiger partial charge on any atom is -0.407 e. The molecule has 0 saturated heterocycles. The molecule has 0 atom stereocenters. The number of likely N-dealkylation sites (N-methyl/N-ethyl adjacent to an activating group) is 1. The predicted octanol–water partition coefficient (Wildman–Crippen LogP) is 1.68. The highest BCUT2D eigenvalue weighted by atomic mass is 16.5. The van der Waals surface area contributed by atoms with Crippen molar-refractivity contribution < 1.29 is 9.15 Å². The van der Waals surface area contributed by atoms with E-state index in [2.05, 4.69) is 29.4 Å². The normalized spacial score (nSPS) is 11.5. The quantitative estimate of drug-likeness (QED) is 0.736. The maximum absolute atomic E-state index is 5.57. The van der Waals surface area contributed by atoms with Gasteiger partial charge >= 0.3 is 6.01 Å². The number of hydrogen-bond acceptors (Lipinski definition) is 6. The summed E-state index contributed by atoms with van der Waals surface area (Å²) in [5.41, 5.74) is 0. The van der Waals surface area contributed by atoms with E-state index < -0.39 is 0 Å². The monoisotopic (exact) mass is 270 g/mol. The number of hydrogen-bond donors (Lipinski definition) is 1. The molecule has 0 spiro atoms. The third-order valence-corrected chi connectivity index (χ3v) is 2.49. The molecule has 1 aromatic rings. The Balaban J connectivity index is 2.32. The molecule has 0 aliphatic heterocycles. The third kappa shape index (κ3) is 6.54. The first-order chi connectivity index (χ1) is 8.99. The lowest BCUT2D eigenvalue weighted by Crippen LogP contribution is -2.24. The van der Waals surface area contributed by atoms with Crippen LogP contribution >= 0.6 is 0 Å². The standard InChI is InChI=1S/C13H26N4O2/c1-10(2)8-14-9-12-15-16-13(19-12)17(5)6-7-18-11(3)4/h10-11,14H,6-9H2,1-5H3. The molecule has 0 unspecified atom stereocenters. The molecule has 1 rings (SSSR count). The van der Waals surface area contributed by atoms with Gasteiger partial charge in [-0.05, 0) is 26.3 Å². The van der Waals surface area contributed by atoms with Crippen LogP contribution in [0.15, 0.2) is 4.42 Å². The second kappa shape index (κ2) is 8.12. The Hall–Kier alpha value is -1.14. The molecule has 110 valence electrons. The maximum Gasteiger partial charge on any atom is 0.318 e. The molecular weight excluding hydrogens is 244 g/mol.